The molecule has 2 aliphatic rings. The van der Waals surface area contributed by atoms with Gasteiger partial charge in [0.15, 0.2) is 0 Å². The Morgan fingerprint density at radius 1 is 1.16 bits per heavy atom. The first-order valence-electron chi connectivity index (χ1n) is 9.19. The molecule has 1 aromatic heterocycles. The van der Waals surface area contributed by atoms with Crippen LogP contribution in [-0.2, 0) is 12.1 Å². The Kier molecular flexibility index (Phi) is 4.48. The van der Waals surface area contributed by atoms with E-state index in [2.05, 4.69) is 22.0 Å². The summed E-state index contributed by atoms with van der Waals surface area (Å²) < 4.78 is 5.34. The third-order valence-electron chi connectivity index (χ3n) is 5.92. The lowest BCUT2D eigenvalue weighted by atomic mass is 9.64. The summed E-state index contributed by atoms with van der Waals surface area (Å²) in [5, 5.41) is 11.6. The Bertz CT molecular complexity index is 705. The second-order valence-corrected chi connectivity index (χ2v) is 7.41. The predicted octanol–water partition coefficient (Wildman–Crippen LogP) is 3.21. The van der Waals surface area contributed by atoms with Gasteiger partial charge in [-0.1, -0.05) is 24.6 Å². The van der Waals surface area contributed by atoms with Gasteiger partial charge in [-0.3, -0.25) is 9.88 Å². The zero-order chi connectivity index (χ0) is 17.3. The van der Waals surface area contributed by atoms with Crippen molar-refractivity contribution in [2.75, 3.05) is 20.2 Å². The standard InChI is InChI=1S/C21H26N2O2/c1-25-19-9-4-6-16(12-19)13-23-14-17-7-5-8-18(15-23)21(17,24)20-10-2-3-11-22-20/h2-4,6,9-12,17-18,24H,5,7-8,13-15H2,1H3. The second kappa shape index (κ2) is 6.77. The van der Waals surface area contributed by atoms with E-state index in [1.54, 1.807) is 13.3 Å². The fourth-order valence-electron chi connectivity index (χ4n) is 4.72. The van der Waals surface area contributed by atoms with E-state index in [4.69, 9.17) is 4.74 Å². The van der Waals surface area contributed by atoms with Crippen LogP contribution in [0.4, 0.5) is 0 Å². The second-order valence-electron chi connectivity index (χ2n) is 7.41. The highest BCUT2D eigenvalue weighted by Crippen LogP contribution is 2.48. The summed E-state index contributed by atoms with van der Waals surface area (Å²) in [4.78, 5) is 6.99. The van der Waals surface area contributed by atoms with Crippen molar-refractivity contribution in [1.29, 1.82) is 0 Å². The number of pyridine rings is 1. The molecule has 2 fully saturated rings. The SMILES string of the molecule is COc1cccc(CN2CC3CCCC(C2)C3(O)c2ccccn2)c1. The number of fused-ring (bicyclic) bond motifs is 2. The molecule has 132 valence electrons. The molecule has 0 spiro atoms. The van der Waals surface area contributed by atoms with Crippen LogP contribution in [-0.4, -0.2) is 35.2 Å². The lowest BCUT2D eigenvalue weighted by Crippen LogP contribution is -2.58. The molecule has 2 atom stereocenters. The highest BCUT2D eigenvalue weighted by molar-refractivity contribution is 5.28. The minimum Gasteiger partial charge on any atom is -0.497 e. The average molecular weight is 338 g/mol. The van der Waals surface area contributed by atoms with Crippen LogP contribution in [0.15, 0.2) is 48.7 Å². The van der Waals surface area contributed by atoms with Gasteiger partial charge in [0.1, 0.15) is 11.4 Å². The molecule has 25 heavy (non-hydrogen) atoms. The first-order chi connectivity index (χ1) is 12.2. The first kappa shape index (κ1) is 16.6. The summed E-state index contributed by atoms with van der Waals surface area (Å²) in [6.07, 6.45) is 5.14. The number of methoxy groups -OCH3 is 1. The highest BCUT2D eigenvalue weighted by atomic mass is 16.5. The van der Waals surface area contributed by atoms with E-state index in [1.807, 2.05) is 30.3 Å². The van der Waals surface area contributed by atoms with E-state index in [-0.39, 0.29) is 11.8 Å². The van der Waals surface area contributed by atoms with Gasteiger partial charge in [0.2, 0.25) is 0 Å². The van der Waals surface area contributed by atoms with Crippen molar-refractivity contribution in [3.8, 4) is 5.75 Å². The summed E-state index contributed by atoms with van der Waals surface area (Å²) >= 11 is 0. The van der Waals surface area contributed by atoms with E-state index in [0.717, 1.165) is 43.9 Å². The van der Waals surface area contributed by atoms with Crippen molar-refractivity contribution in [2.24, 2.45) is 11.8 Å². The molecule has 2 bridgehead atoms. The van der Waals surface area contributed by atoms with E-state index in [9.17, 15) is 5.11 Å². The molecule has 1 aromatic carbocycles. The monoisotopic (exact) mass is 338 g/mol. The number of likely N-dealkylation sites (tertiary alicyclic amines) is 1. The molecule has 1 aliphatic carbocycles. The largest absolute Gasteiger partial charge is 0.497 e. The van der Waals surface area contributed by atoms with Crippen LogP contribution in [0, 0.1) is 11.8 Å². The van der Waals surface area contributed by atoms with Crippen molar-refractivity contribution >= 4 is 0 Å². The number of aromatic nitrogens is 1. The van der Waals surface area contributed by atoms with Crippen LogP contribution in [0.2, 0.25) is 0 Å². The molecule has 0 amide bonds. The Morgan fingerprint density at radius 3 is 2.64 bits per heavy atom. The van der Waals surface area contributed by atoms with Gasteiger partial charge < -0.3 is 9.84 Å². The van der Waals surface area contributed by atoms with Crippen molar-refractivity contribution < 1.29 is 9.84 Å². The highest BCUT2D eigenvalue weighted by Gasteiger charge is 2.52. The molecular formula is C21H26N2O2. The van der Waals surface area contributed by atoms with E-state index >= 15 is 0 Å². The Balaban J connectivity index is 1.55. The van der Waals surface area contributed by atoms with Crippen molar-refractivity contribution in [2.45, 2.75) is 31.4 Å². The van der Waals surface area contributed by atoms with Crippen LogP contribution >= 0.6 is 0 Å². The lowest BCUT2D eigenvalue weighted by Gasteiger charge is -2.52. The molecule has 1 aliphatic heterocycles. The third-order valence-corrected chi connectivity index (χ3v) is 5.92. The molecule has 2 heterocycles. The molecule has 1 N–H and O–H groups in total. The number of hydrogen-bond donors (Lipinski definition) is 1. The quantitative estimate of drug-likeness (QED) is 0.930. The van der Waals surface area contributed by atoms with Gasteiger partial charge in [-0.15, -0.1) is 0 Å². The molecule has 4 rings (SSSR count). The lowest BCUT2D eigenvalue weighted by molar-refractivity contribution is -0.151. The van der Waals surface area contributed by atoms with Gasteiger partial charge in [-0.2, -0.15) is 0 Å². The molecule has 0 radical (unpaired) electrons. The number of aliphatic hydroxyl groups is 1. The normalized spacial score (nSPS) is 29.4. The zero-order valence-corrected chi connectivity index (χ0v) is 14.8. The van der Waals surface area contributed by atoms with Gasteiger partial charge in [0.05, 0.1) is 12.8 Å². The van der Waals surface area contributed by atoms with Gasteiger partial charge >= 0.3 is 0 Å². The molecule has 1 saturated heterocycles. The molecule has 4 nitrogen and oxygen atoms in total. The Morgan fingerprint density at radius 2 is 1.96 bits per heavy atom. The number of rotatable bonds is 4. The minimum absolute atomic E-state index is 0.250. The molecular weight excluding hydrogens is 312 g/mol. The number of hydrogen-bond acceptors (Lipinski definition) is 4. The smallest absolute Gasteiger partial charge is 0.119 e. The third kappa shape index (κ3) is 3.05. The van der Waals surface area contributed by atoms with Crippen molar-refractivity contribution in [3.05, 3.63) is 59.9 Å². The maximum absolute atomic E-state index is 11.6. The summed E-state index contributed by atoms with van der Waals surface area (Å²) in [5.41, 5.74) is 1.34. The number of benzene rings is 1. The maximum atomic E-state index is 11.6. The van der Waals surface area contributed by atoms with E-state index in [1.165, 1.54) is 12.0 Å². The Hall–Kier alpha value is -1.91. The first-order valence-corrected chi connectivity index (χ1v) is 9.19. The van der Waals surface area contributed by atoms with Crippen LogP contribution in [0.25, 0.3) is 0 Å². The molecule has 4 heteroatoms. The molecule has 1 saturated carbocycles. The van der Waals surface area contributed by atoms with Gasteiger partial charge in [0, 0.05) is 37.7 Å². The molecule has 2 aromatic rings. The van der Waals surface area contributed by atoms with Crippen LogP contribution in [0.3, 0.4) is 0 Å². The fraction of sp³-hybridized carbons (Fsp3) is 0.476. The summed E-state index contributed by atoms with van der Waals surface area (Å²) in [5.74, 6) is 1.40. The van der Waals surface area contributed by atoms with Gasteiger partial charge in [0.25, 0.3) is 0 Å². The Labute approximate surface area is 149 Å². The number of ether oxygens (including phenoxy) is 1. The number of piperidine rings is 1. The van der Waals surface area contributed by atoms with Crippen LogP contribution in [0.5, 0.6) is 5.75 Å². The average Bonchev–Trinajstić information content (AvgIpc) is 2.63. The van der Waals surface area contributed by atoms with Crippen molar-refractivity contribution in [3.63, 3.8) is 0 Å². The fourth-order valence-corrected chi connectivity index (χ4v) is 4.72. The zero-order valence-electron chi connectivity index (χ0n) is 14.8. The van der Waals surface area contributed by atoms with Crippen LogP contribution < -0.4 is 4.74 Å². The van der Waals surface area contributed by atoms with Gasteiger partial charge in [-0.05, 0) is 42.7 Å². The van der Waals surface area contributed by atoms with E-state index < -0.39 is 5.60 Å². The predicted molar refractivity (Wildman–Crippen MR) is 97.2 cm³/mol. The maximum Gasteiger partial charge on any atom is 0.119 e. The number of nitrogens with zero attached hydrogens (tertiary/aromatic N) is 2. The molecule has 2 unspecified atom stereocenters. The van der Waals surface area contributed by atoms with Crippen molar-refractivity contribution in [1.82, 2.24) is 9.88 Å². The van der Waals surface area contributed by atoms with Crippen LogP contribution in [0.1, 0.15) is 30.5 Å². The topological polar surface area (TPSA) is 45.6 Å². The van der Waals surface area contributed by atoms with E-state index in [0.29, 0.717) is 0 Å². The summed E-state index contributed by atoms with van der Waals surface area (Å²) in [6, 6.07) is 14.2. The summed E-state index contributed by atoms with van der Waals surface area (Å²) in [6.45, 7) is 2.74. The summed E-state index contributed by atoms with van der Waals surface area (Å²) in [7, 11) is 1.71. The minimum atomic E-state index is -0.773. The van der Waals surface area contributed by atoms with Gasteiger partial charge in [-0.25, -0.2) is 0 Å².